The van der Waals surface area contributed by atoms with Crippen LogP contribution in [-0.4, -0.2) is 9.66 Å². The first-order chi connectivity index (χ1) is 13.5. The lowest BCUT2D eigenvalue weighted by Crippen LogP contribution is -2.33. The van der Waals surface area contributed by atoms with Gasteiger partial charge in [0.2, 0.25) is 5.88 Å². The predicted octanol–water partition coefficient (Wildman–Crippen LogP) is 4.82. The Bertz CT molecular complexity index is 1300. The first-order valence-corrected chi connectivity index (χ1v) is 9.36. The fourth-order valence-electron chi connectivity index (χ4n) is 3.73. The molecule has 0 amide bonds. The summed E-state index contributed by atoms with van der Waals surface area (Å²) < 4.78 is 7.35. The van der Waals surface area contributed by atoms with E-state index in [9.17, 15) is 0 Å². The standard InChI is InChI=1S/C21H14Cl2N4O/c22-12-7-5-11(6-8-12)17-15-9-16(23)13-3-1-2-4-14(13)19(15)28-21-18(17)20(24)27(25)10-26-21/h1-10,17,24H,25H2. The second kappa shape index (κ2) is 6.26. The van der Waals surface area contributed by atoms with Crippen molar-refractivity contribution in [1.29, 1.82) is 5.41 Å². The molecule has 3 aromatic carbocycles. The first-order valence-electron chi connectivity index (χ1n) is 8.60. The van der Waals surface area contributed by atoms with E-state index in [0.29, 0.717) is 27.2 Å². The SMILES string of the molecule is N=c1c2c(ncn1N)Oc1c(cc(Cl)c3ccccc13)C2c1ccc(Cl)cc1. The zero-order valence-corrected chi connectivity index (χ0v) is 16.0. The van der Waals surface area contributed by atoms with Crippen molar-refractivity contribution in [2.75, 3.05) is 5.84 Å². The molecule has 138 valence electrons. The van der Waals surface area contributed by atoms with Crippen molar-refractivity contribution >= 4 is 34.0 Å². The van der Waals surface area contributed by atoms with Crippen LogP contribution in [0, 0.1) is 5.41 Å². The molecule has 1 atom stereocenters. The van der Waals surface area contributed by atoms with E-state index >= 15 is 0 Å². The van der Waals surface area contributed by atoms with Crippen molar-refractivity contribution in [3.05, 3.63) is 93.1 Å². The number of hydrogen-bond acceptors (Lipinski definition) is 4. The molecule has 28 heavy (non-hydrogen) atoms. The van der Waals surface area contributed by atoms with Gasteiger partial charge in [0.15, 0.2) is 5.49 Å². The maximum absolute atomic E-state index is 8.51. The lowest BCUT2D eigenvalue weighted by Gasteiger charge is -2.29. The molecule has 1 aliphatic rings. The van der Waals surface area contributed by atoms with Gasteiger partial charge in [-0.3, -0.25) is 5.41 Å². The zero-order chi connectivity index (χ0) is 19.4. The zero-order valence-electron chi connectivity index (χ0n) is 14.5. The number of nitrogen functional groups attached to an aromatic ring is 1. The van der Waals surface area contributed by atoms with Crippen molar-refractivity contribution in [3.8, 4) is 11.6 Å². The molecule has 4 aromatic rings. The van der Waals surface area contributed by atoms with Gasteiger partial charge in [0, 0.05) is 32.3 Å². The molecule has 0 spiro atoms. The van der Waals surface area contributed by atoms with Crippen LogP contribution in [0.5, 0.6) is 11.6 Å². The fourth-order valence-corrected chi connectivity index (χ4v) is 4.14. The van der Waals surface area contributed by atoms with Gasteiger partial charge in [-0.05, 0) is 23.8 Å². The molecule has 0 fully saturated rings. The van der Waals surface area contributed by atoms with Gasteiger partial charge < -0.3 is 10.6 Å². The largest absolute Gasteiger partial charge is 0.438 e. The highest BCUT2D eigenvalue weighted by Crippen LogP contribution is 2.49. The van der Waals surface area contributed by atoms with Crippen LogP contribution in [0.25, 0.3) is 10.8 Å². The van der Waals surface area contributed by atoms with Gasteiger partial charge >= 0.3 is 0 Å². The summed E-state index contributed by atoms with van der Waals surface area (Å²) in [7, 11) is 0. The van der Waals surface area contributed by atoms with E-state index in [-0.39, 0.29) is 11.4 Å². The number of nitrogens with one attached hydrogen (secondary N) is 1. The van der Waals surface area contributed by atoms with Crippen LogP contribution < -0.4 is 16.1 Å². The lowest BCUT2D eigenvalue weighted by molar-refractivity contribution is 0.431. The van der Waals surface area contributed by atoms with Crippen LogP contribution in [0.4, 0.5) is 0 Å². The summed E-state index contributed by atoms with van der Waals surface area (Å²) in [4.78, 5) is 4.34. The molecule has 1 unspecified atom stereocenters. The average Bonchev–Trinajstić information content (AvgIpc) is 2.71. The summed E-state index contributed by atoms with van der Waals surface area (Å²) in [5.41, 5.74) is 2.52. The van der Waals surface area contributed by atoms with Gasteiger partial charge in [0.1, 0.15) is 12.1 Å². The second-order valence-electron chi connectivity index (χ2n) is 6.63. The van der Waals surface area contributed by atoms with E-state index in [1.165, 1.54) is 11.0 Å². The van der Waals surface area contributed by atoms with E-state index in [1.807, 2.05) is 54.6 Å². The van der Waals surface area contributed by atoms with Crippen LogP contribution in [0.15, 0.2) is 60.9 Å². The number of nitrogens with two attached hydrogens (primary N) is 1. The Kier molecular flexibility index (Phi) is 3.82. The van der Waals surface area contributed by atoms with Crippen molar-refractivity contribution in [1.82, 2.24) is 9.66 Å². The van der Waals surface area contributed by atoms with Crippen molar-refractivity contribution < 1.29 is 4.74 Å². The minimum atomic E-state index is -0.311. The molecule has 0 bridgehead atoms. The molecule has 1 aliphatic heterocycles. The van der Waals surface area contributed by atoms with Crippen LogP contribution >= 0.6 is 23.2 Å². The summed E-state index contributed by atoms with van der Waals surface area (Å²) in [5, 5.41) is 11.6. The molecule has 0 radical (unpaired) electrons. The van der Waals surface area contributed by atoms with E-state index in [2.05, 4.69) is 4.98 Å². The van der Waals surface area contributed by atoms with Gasteiger partial charge in [-0.2, -0.15) is 0 Å². The van der Waals surface area contributed by atoms with Crippen LogP contribution in [0.1, 0.15) is 22.6 Å². The van der Waals surface area contributed by atoms with E-state index < -0.39 is 0 Å². The van der Waals surface area contributed by atoms with Gasteiger partial charge in [-0.15, -0.1) is 0 Å². The van der Waals surface area contributed by atoms with Crippen LogP contribution in [0.2, 0.25) is 10.0 Å². The molecule has 2 heterocycles. The highest BCUT2D eigenvalue weighted by Gasteiger charge is 2.33. The predicted molar refractivity (Wildman–Crippen MR) is 110 cm³/mol. The smallest absolute Gasteiger partial charge is 0.228 e. The summed E-state index contributed by atoms with van der Waals surface area (Å²) in [6.45, 7) is 0. The Balaban J connectivity index is 1.89. The molecule has 0 saturated carbocycles. The van der Waals surface area contributed by atoms with Crippen molar-refractivity contribution in [2.45, 2.75) is 5.92 Å². The molecule has 7 heteroatoms. The molecular formula is C21H14Cl2N4O. The monoisotopic (exact) mass is 408 g/mol. The quantitative estimate of drug-likeness (QED) is 0.390. The molecule has 3 N–H and O–H groups in total. The normalized spacial score (nSPS) is 15.0. The Morgan fingerprint density at radius 3 is 2.50 bits per heavy atom. The minimum Gasteiger partial charge on any atom is -0.438 e. The Morgan fingerprint density at radius 1 is 1.04 bits per heavy atom. The Morgan fingerprint density at radius 2 is 1.75 bits per heavy atom. The second-order valence-corrected chi connectivity index (χ2v) is 7.47. The van der Waals surface area contributed by atoms with Gasteiger partial charge in [-0.1, -0.05) is 59.6 Å². The van der Waals surface area contributed by atoms with Gasteiger partial charge in [0.25, 0.3) is 0 Å². The number of fused-ring (bicyclic) bond motifs is 4. The number of rotatable bonds is 1. The summed E-state index contributed by atoms with van der Waals surface area (Å²) in [6.07, 6.45) is 1.38. The first kappa shape index (κ1) is 17.1. The minimum absolute atomic E-state index is 0.125. The average molecular weight is 409 g/mol. The highest BCUT2D eigenvalue weighted by atomic mass is 35.5. The molecular weight excluding hydrogens is 395 g/mol. The van der Waals surface area contributed by atoms with Gasteiger partial charge in [-0.25, -0.2) is 9.66 Å². The number of ether oxygens (including phenoxy) is 1. The summed E-state index contributed by atoms with van der Waals surface area (Å²) >= 11 is 12.7. The van der Waals surface area contributed by atoms with Crippen LogP contribution in [0.3, 0.4) is 0 Å². The molecule has 0 aliphatic carbocycles. The number of nitrogens with zero attached hydrogens (tertiary/aromatic N) is 2. The Hall–Kier alpha value is -3.02. The van der Waals surface area contributed by atoms with Crippen molar-refractivity contribution in [3.63, 3.8) is 0 Å². The maximum Gasteiger partial charge on any atom is 0.228 e. The molecule has 5 rings (SSSR count). The third kappa shape index (κ3) is 2.47. The summed E-state index contributed by atoms with van der Waals surface area (Å²) in [5.74, 6) is 6.66. The number of benzene rings is 3. The third-order valence-corrected chi connectivity index (χ3v) is 5.58. The number of aromatic nitrogens is 2. The van der Waals surface area contributed by atoms with E-state index in [4.69, 9.17) is 39.2 Å². The number of halogens is 2. The maximum atomic E-state index is 8.51. The topological polar surface area (TPSA) is 76.9 Å². The molecule has 0 saturated heterocycles. The van der Waals surface area contributed by atoms with Crippen LogP contribution in [-0.2, 0) is 0 Å². The van der Waals surface area contributed by atoms with E-state index in [1.54, 1.807) is 0 Å². The highest BCUT2D eigenvalue weighted by molar-refractivity contribution is 6.36. The lowest BCUT2D eigenvalue weighted by atomic mass is 9.83. The summed E-state index contributed by atoms with van der Waals surface area (Å²) in [6, 6.07) is 17.2. The molecule has 5 nitrogen and oxygen atoms in total. The Labute approximate surface area is 170 Å². The van der Waals surface area contributed by atoms with Crippen molar-refractivity contribution in [2.24, 2.45) is 0 Å². The number of hydrogen-bond donors (Lipinski definition) is 2. The fraction of sp³-hybridized carbons (Fsp3) is 0.0476. The third-order valence-electron chi connectivity index (χ3n) is 5.02. The van der Waals surface area contributed by atoms with Gasteiger partial charge in [0.05, 0.1) is 5.56 Å². The molecule has 1 aromatic heterocycles. The van der Waals surface area contributed by atoms with E-state index in [0.717, 1.165) is 21.9 Å².